The molecule has 0 aromatic rings. The van der Waals surface area contributed by atoms with Crippen LogP contribution in [0.5, 0.6) is 0 Å². The van der Waals surface area contributed by atoms with Gasteiger partial charge in [-0.05, 0) is 59.3 Å². The predicted octanol–water partition coefficient (Wildman–Crippen LogP) is 3.62. The molecule has 5 heteroatoms. The lowest BCUT2D eigenvalue weighted by Gasteiger charge is -2.41. The van der Waals surface area contributed by atoms with E-state index in [4.69, 9.17) is 9.47 Å². The minimum atomic E-state index is -0.448. The summed E-state index contributed by atoms with van der Waals surface area (Å²) in [5.74, 6) is 0.653. The zero-order chi connectivity index (χ0) is 17.6. The molecule has 5 nitrogen and oxygen atoms in total. The summed E-state index contributed by atoms with van der Waals surface area (Å²) in [7, 11) is 0. The summed E-state index contributed by atoms with van der Waals surface area (Å²) in [6, 6.07) is 0.860. The van der Waals surface area contributed by atoms with Crippen molar-refractivity contribution in [3.05, 3.63) is 0 Å². The Hall–Kier alpha value is -0.810. The molecular weight excluding hydrogens is 304 g/mol. The molecule has 0 saturated heterocycles. The van der Waals surface area contributed by atoms with Gasteiger partial charge in [-0.3, -0.25) is 0 Å². The minimum Gasteiger partial charge on any atom is -0.444 e. The van der Waals surface area contributed by atoms with Crippen molar-refractivity contribution in [1.29, 1.82) is 0 Å². The van der Waals surface area contributed by atoms with Crippen LogP contribution in [-0.2, 0) is 9.47 Å². The molecule has 0 aliphatic heterocycles. The summed E-state index contributed by atoms with van der Waals surface area (Å²) in [4.78, 5) is 12.0. The van der Waals surface area contributed by atoms with E-state index >= 15 is 0 Å². The van der Waals surface area contributed by atoms with Gasteiger partial charge in [-0.2, -0.15) is 0 Å². The zero-order valence-corrected chi connectivity index (χ0v) is 15.9. The van der Waals surface area contributed by atoms with Crippen LogP contribution in [0, 0.1) is 5.92 Å². The maximum absolute atomic E-state index is 12.0. The molecule has 0 spiro atoms. The standard InChI is InChI=1S/C19H36N2O3/c1-5-23-16-11-15(12-16)21-17(14-9-7-6-8-10-14)13-20-18(22)24-19(2,3)4/h14-17,21H,5-13H2,1-4H3,(H,20,22). The summed E-state index contributed by atoms with van der Waals surface area (Å²) in [5, 5.41) is 6.75. The van der Waals surface area contributed by atoms with Crippen LogP contribution in [0.25, 0.3) is 0 Å². The molecule has 2 N–H and O–H groups in total. The number of amides is 1. The third-order valence-corrected chi connectivity index (χ3v) is 5.03. The van der Waals surface area contributed by atoms with Crippen molar-refractivity contribution in [2.24, 2.45) is 5.92 Å². The van der Waals surface area contributed by atoms with Crippen LogP contribution >= 0.6 is 0 Å². The van der Waals surface area contributed by atoms with E-state index in [-0.39, 0.29) is 6.09 Å². The lowest BCUT2D eigenvalue weighted by molar-refractivity contribution is -0.0149. The normalized spacial score (nSPS) is 26.5. The average Bonchev–Trinajstić information content (AvgIpc) is 2.47. The molecule has 2 fully saturated rings. The SMILES string of the molecule is CCOC1CC(NC(CNC(=O)OC(C)(C)C)C2CCCCC2)C1. The second-order valence-electron chi connectivity index (χ2n) is 8.30. The van der Waals surface area contributed by atoms with Crippen molar-refractivity contribution < 1.29 is 14.3 Å². The number of ether oxygens (including phenoxy) is 2. The number of hydrogen-bond acceptors (Lipinski definition) is 4. The molecule has 1 amide bonds. The fourth-order valence-electron chi connectivity index (χ4n) is 3.78. The number of nitrogens with one attached hydrogen (secondary N) is 2. The van der Waals surface area contributed by atoms with E-state index in [1.54, 1.807) is 0 Å². The van der Waals surface area contributed by atoms with Crippen LogP contribution in [-0.4, -0.2) is 43.0 Å². The fourth-order valence-corrected chi connectivity index (χ4v) is 3.78. The molecule has 2 aliphatic carbocycles. The Morgan fingerprint density at radius 3 is 2.42 bits per heavy atom. The van der Waals surface area contributed by atoms with Gasteiger partial charge in [-0.1, -0.05) is 19.3 Å². The molecule has 2 rings (SSSR count). The van der Waals surface area contributed by atoms with Gasteiger partial charge in [-0.25, -0.2) is 4.79 Å². The molecule has 140 valence electrons. The first-order valence-corrected chi connectivity index (χ1v) is 9.72. The van der Waals surface area contributed by atoms with E-state index in [9.17, 15) is 4.79 Å². The Balaban J connectivity index is 1.80. The van der Waals surface area contributed by atoms with Crippen LogP contribution in [0.3, 0.4) is 0 Å². The molecule has 1 unspecified atom stereocenters. The van der Waals surface area contributed by atoms with Crippen molar-refractivity contribution >= 4 is 6.09 Å². The van der Waals surface area contributed by atoms with Crippen molar-refractivity contribution in [2.75, 3.05) is 13.2 Å². The Kier molecular flexibility index (Phi) is 7.35. The van der Waals surface area contributed by atoms with Crippen LogP contribution in [0.1, 0.15) is 72.6 Å². The predicted molar refractivity (Wildman–Crippen MR) is 96.2 cm³/mol. The highest BCUT2D eigenvalue weighted by Gasteiger charge is 2.34. The summed E-state index contributed by atoms with van der Waals surface area (Å²) in [5.41, 5.74) is -0.448. The van der Waals surface area contributed by atoms with E-state index in [0.717, 1.165) is 19.4 Å². The number of carbonyl (C=O) groups is 1. The van der Waals surface area contributed by atoms with Crippen molar-refractivity contribution in [3.8, 4) is 0 Å². The molecule has 0 bridgehead atoms. The summed E-state index contributed by atoms with van der Waals surface area (Å²) in [6.07, 6.45) is 8.75. The molecule has 1 atom stereocenters. The Morgan fingerprint density at radius 1 is 1.17 bits per heavy atom. The first kappa shape index (κ1) is 19.5. The monoisotopic (exact) mass is 340 g/mol. The fraction of sp³-hybridized carbons (Fsp3) is 0.947. The van der Waals surface area contributed by atoms with Gasteiger partial charge >= 0.3 is 6.09 Å². The van der Waals surface area contributed by atoms with Crippen molar-refractivity contribution in [2.45, 2.75) is 96.4 Å². The maximum Gasteiger partial charge on any atom is 0.407 e. The lowest BCUT2D eigenvalue weighted by atomic mass is 9.81. The Labute approximate surface area is 147 Å². The topological polar surface area (TPSA) is 59.6 Å². The van der Waals surface area contributed by atoms with Crippen LogP contribution in [0.15, 0.2) is 0 Å². The first-order valence-electron chi connectivity index (χ1n) is 9.72. The molecule has 0 aromatic carbocycles. The number of hydrogen-bond donors (Lipinski definition) is 2. The maximum atomic E-state index is 12.0. The van der Waals surface area contributed by atoms with Gasteiger partial charge in [0.2, 0.25) is 0 Å². The summed E-state index contributed by atoms with van der Waals surface area (Å²) < 4.78 is 11.0. The van der Waals surface area contributed by atoms with Gasteiger partial charge < -0.3 is 20.1 Å². The van der Waals surface area contributed by atoms with Gasteiger partial charge in [0.25, 0.3) is 0 Å². The van der Waals surface area contributed by atoms with Crippen molar-refractivity contribution in [3.63, 3.8) is 0 Å². The smallest absolute Gasteiger partial charge is 0.407 e. The molecule has 2 saturated carbocycles. The molecule has 0 radical (unpaired) electrons. The summed E-state index contributed by atoms with van der Waals surface area (Å²) >= 11 is 0. The van der Waals surface area contributed by atoms with E-state index in [0.29, 0.717) is 30.7 Å². The number of carbonyl (C=O) groups excluding carboxylic acids is 1. The average molecular weight is 341 g/mol. The second-order valence-corrected chi connectivity index (χ2v) is 8.30. The number of alkyl carbamates (subject to hydrolysis) is 1. The Bertz CT molecular complexity index is 383. The van der Waals surface area contributed by atoms with Gasteiger partial charge in [0.05, 0.1) is 6.10 Å². The van der Waals surface area contributed by atoms with E-state index < -0.39 is 5.60 Å². The van der Waals surface area contributed by atoms with E-state index in [1.807, 2.05) is 20.8 Å². The quantitative estimate of drug-likeness (QED) is 0.743. The molecule has 0 heterocycles. The van der Waals surface area contributed by atoms with Crippen molar-refractivity contribution in [1.82, 2.24) is 10.6 Å². The zero-order valence-electron chi connectivity index (χ0n) is 15.9. The van der Waals surface area contributed by atoms with Crippen LogP contribution in [0.4, 0.5) is 4.79 Å². The van der Waals surface area contributed by atoms with Gasteiger partial charge in [0, 0.05) is 25.2 Å². The van der Waals surface area contributed by atoms with Gasteiger partial charge in [0.15, 0.2) is 0 Å². The third kappa shape index (κ3) is 6.60. The van der Waals surface area contributed by atoms with Crippen LogP contribution < -0.4 is 10.6 Å². The highest BCUT2D eigenvalue weighted by molar-refractivity contribution is 5.67. The van der Waals surface area contributed by atoms with E-state index in [1.165, 1.54) is 32.1 Å². The minimum absolute atomic E-state index is 0.314. The Morgan fingerprint density at radius 2 is 1.83 bits per heavy atom. The van der Waals surface area contributed by atoms with E-state index in [2.05, 4.69) is 17.6 Å². The highest BCUT2D eigenvalue weighted by atomic mass is 16.6. The molecular formula is C19H36N2O3. The highest BCUT2D eigenvalue weighted by Crippen LogP contribution is 2.29. The lowest BCUT2D eigenvalue weighted by Crippen LogP contribution is -2.55. The molecule has 0 aromatic heterocycles. The largest absolute Gasteiger partial charge is 0.444 e. The van der Waals surface area contributed by atoms with Gasteiger partial charge in [-0.15, -0.1) is 0 Å². The first-order chi connectivity index (χ1) is 11.4. The third-order valence-electron chi connectivity index (χ3n) is 5.03. The van der Waals surface area contributed by atoms with Crippen LogP contribution in [0.2, 0.25) is 0 Å². The number of rotatable bonds is 7. The summed E-state index contributed by atoms with van der Waals surface area (Å²) in [6.45, 7) is 9.18. The molecule has 2 aliphatic rings. The van der Waals surface area contributed by atoms with Gasteiger partial charge in [0.1, 0.15) is 5.60 Å². The molecule has 24 heavy (non-hydrogen) atoms. The second kappa shape index (κ2) is 9.04.